The van der Waals surface area contributed by atoms with Crippen molar-refractivity contribution < 1.29 is 14.3 Å². The molecule has 4 rings (SSSR count). The van der Waals surface area contributed by atoms with Crippen molar-refractivity contribution in [1.82, 2.24) is 0 Å². The average molecular weight is 560 g/mol. The van der Waals surface area contributed by atoms with Crippen LogP contribution in [-0.2, 0) is 16.1 Å². The summed E-state index contributed by atoms with van der Waals surface area (Å²) >= 11 is 5.73. The lowest BCUT2D eigenvalue weighted by molar-refractivity contribution is -0.129. The molecule has 144 valence electrons. The van der Waals surface area contributed by atoms with Crippen molar-refractivity contribution in [3.8, 4) is 5.75 Å². The van der Waals surface area contributed by atoms with Crippen molar-refractivity contribution in [3.63, 3.8) is 0 Å². The van der Waals surface area contributed by atoms with E-state index in [1.165, 1.54) is 3.57 Å². The predicted molar refractivity (Wildman–Crippen MR) is 125 cm³/mol. The third-order valence-electron chi connectivity index (χ3n) is 4.24. The van der Waals surface area contributed by atoms with E-state index in [4.69, 9.17) is 9.47 Å². The molecule has 0 saturated carbocycles. The number of benzene rings is 3. The Morgan fingerprint density at radius 3 is 2.52 bits per heavy atom. The number of hydrogen-bond donors (Lipinski definition) is 0. The fraction of sp³-hybridized carbons (Fsp3) is 0.0435. The van der Waals surface area contributed by atoms with Crippen LogP contribution in [0.15, 0.2) is 88.0 Å². The third-order valence-corrected chi connectivity index (χ3v) is 5.65. The van der Waals surface area contributed by atoms with Crippen LogP contribution in [0, 0.1) is 3.57 Å². The Labute approximate surface area is 190 Å². The number of esters is 1. The molecule has 1 heterocycles. The molecule has 3 aromatic rings. The lowest BCUT2D eigenvalue weighted by Crippen LogP contribution is -2.06. The first kappa shape index (κ1) is 19.8. The van der Waals surface area contributed by atoms with Crippen molar-refractivity contribution in [3.05, 3.63) is 103 Å². The monoisotopic (exact) mass is 559 g/mol. The number of halogens is 2. The van der Waals surface area contributed by atoms with Gasteiger partial charge in [-0.3, -0.25) is 0 Å². The summed E-state index contributed by atoms with van der Waals surface area (Å²) in [7, 11) is 0. The van der Waals surface area contributed by atoms with Crippen LogP contribution in [0.3, 0.4) is 0 Å². The van der Waals surface area contributed by atoms with Gasteiger partial charge in [-0.15, -0.1) is 0 Å². The first-order valence-corrected chi connectivity index (χ1v) is 10.7. The smallest absolute Gasteiger partial charge is 0.363 e. The van der Waals surface area contributed by atoms with Crippen LogP contribution < -0.4 is 4.74 Å². The normalized spacial score (nSPS) is 14.6. The van der Waals surface area contributed by atoms with Gasteiger partial charge in [0.05, 0.1) is 5.56 Å². The predicted octanol–water partition coefficient (Wildman–Crippen LogP) is 5.98. The number of hydrogen-bond acceptors (Lipinski definition) is 4. The van der Waals surface area contributed by atoms with Gasteiger partial charge in [-0.25, -0.2) is 9.79 Å². The second-order valence-corrected chi connectivity index (χ2v) is 8.37. The zero-order valence-corrected chi connectivity index (χ0v) is 18.9. The molecule has 0 radical (unpaired) electrons. The molecule has 0 fully saturated rings. The molecule has 1 aliphatic rings. The third kappa shape index (κ3) is 4.76. The van der Waals surface area contributed by atoms with Crippen molar-refractivity contribution in [2.24, 2.45) is 4.99 Å². The quantitative estimate of drug-likeness (QED) is 0.219. The van der Waals surface area contributed by atoms with E-state index in [1.54, 1.807) is 6.08 Å². The Kier molecular flexibility index (Phi) is 6.10. The molecular weight excluding hydrogens is 545 g/mol. The SMILES string of the molecule is O=C1OC(c2ccccc2Br)=N/C1=C\c1ccccc1OCc1ccc(I)cc1. The Morgan fingerprint density at radius 1 is 1.00 bits per heavy atom. The van der Waals surface area contributed by atoms with Crippen LogP contribution in [0.1, 0.15) is 16.7 Å². The Bertz CT molecular complexity index is 1120. The fourth-order valence-electron chi connectivity index (χ4n) is 2.78. The van der Waals surface area contributed by atoms with Crippen LogP contribution >= 0.6 is 38.5 Å². The van der Waals surface area contributed by atoms with Crippen LogP contribution in [-0.4, -0.2) is 11.9 Å². The minimum absolute atomic E-state index is 0.237. The van der Waals surface area contributed by atoms with E-state index in [0.29, 0.717) is 12.4 Å². The number of ether oxygens (including phenoxy) is 2. The van der Waals surface area contributed by atoms with Gasteiger partial charge in [0.2, 0.25) is 5.90 Å². The highest BCUT2D eigenvalue weighted by atomic mass is 127. The molecule has 0 spiro atoms. The zero-order valence-electron chi connectivity index (χ0n) is 15.1. The van der Waals surface area contributed by atoms with Crippen LogP contribution in [0.5, 0.6) is 5.75 Å². The van der Waals surface area contributed by atoms with Crippen molar-refractivity contribution in [2.75, 3.05) is 0 Å². The maximum atomic E-state index is 12.3. The molecule has 0 aliphatic carbocycles. The first-order chi connectivity index (χ1) is 14.1. The van der Waals surface area contributed by atoms with Crippen LogP contribution in [0.25, 0.3) is 6.08 Å². The molecule has 4 nitrogen and oxygen atoms in total. The summed E-state index contributed by atoms with van der Waals surface area (Å²) in [6, 6.07) is 23.2. The number of nitrogens with zero attached hydrogens (tertiary/aromatic N) is 1. The Balaban J connectivity index is 1.58. The van der Waals surface area contributed by atoms with E-state index in [2.05, 4.69) is 43.5 Å². The molecule has 0 atom stereocenters. The fourth-order valence-corrected chi connectivity index (χ4v) is 3.59. The molecule has 1 aliphatic heterocycles. The Hall–Kier alpha value is -2.45. The number of carbonyl (C=O) groups excluding carboxylic acids is 1. The average Bonchev–Trinajstić information content (AvgIpc) is 3.09. The minimum Gasteiger partial charge on any atom is -0.488 e. The summed E-state index contributed by atoms with van der Waals surface area (Å²) in [6.45, 7) is 0.438. The second-order valence-electron chi connectivity index (χ2n) is 6.27. The molecule has 0 N–H and O–H groups in total. The highest BCUT2D eigenvalue weighted by Crippen LogP contribution is 2.27. The molecule has 0 aromatic heterocycles. The summed E-state index contributed by atoms with van der Waals surface area (Å²) in [6.07, 6.45) is 1.69. The van der Waals surface area contributed by atoms with Gasteiger partial charge in [0, 0.05) is 13.6 Å². The van der Waals surface area contributed by atoms with Crippen molar-refractivity contribution >= 4 is 56.5 Å². The van der Waals surface area contributed by atoms with E-state index in [1.807, 2.05) is 72.8 Å². The van der Waals surface area contributed by atoms with Crippen molar-refractivity contribution in [2.45, 2.75) is 6.61 Å². The van der Waals surface area contributed by atoms with Crippen LogP contribution in [0.4, 0.5) is 0 Å². The van der Waals surface area contributed by atoms with E-state index in [0.717, 1.165) is 21.2 Å². The molecule has 0 amide bonds. The number of aliphatic imine (C=N–C) groups is 1. The number of cyclic esters (lactones) is 1. The molecule has 0 unspecified atom stereocenters. The Morgan fingerprint density at radius 2 is 1.72 bits per heavy atom. The summed E-state index contributed by atoms with van der Waals surface area (Å²) in [5.41, 5.74) is 2.80. The lowest BCUT2D eigenvalue weighted by Gasteiger charge is -2.09. The van der Waals surface area contributed by atoms with Gasteiger partial charge in [0.25, 0.3) is 0 Å². The maximum Gasteiger partial charge on any atom is 0.363 e. The van der Waals surface area contributed by atoms with Gasteiger partial charge < -0.3 is 9.47 Å². The standard InChI is InChI=1S/C23H15BrINO3/c24-19-7-3-2-6-18(19)22-26-20(23(27)29-22)13-16-5-1-4-8-21(16)28-14-15-9-11-17(25)12-10-15/h1-13H,14H2/b20-13-. The topological polar surface area (TPSA) is 47.9 Å². The van der Waals surface area contributed by atoms with Crippen molar-refractivity contribution in [1.29, 1.82) is 0 Å². The summed E-state index contributed by atoms with van der Waals surface area (Å²) < 4.78 is 13.3. The van der Waals surface area contributed by atoms with Gasteiger partial charge in [-0.1, -0.05) is 42.5 Å². The minimum atomic E-state index is -0.483. The largest absolute Gasteiger partial charge is 0.488 e. The molecule has 6 heteroatoms. The van der Waals surface area contributed by atoms with Gasteiger partial charge in [0.1, 0.15) is 12.4 Å². The molecule has 3 aromatic carbocycles. The van der Waals surface area contributed by atoms with Crippen LogP contribution in [0.2, 0.25) is 0 Å². The summed E-state index contributed by atoms with van der Waals surface area (Å²) in [5.74, 6) is 0.477. The lowest BCUT2D eigenvalue weighted by atomic mass is 10.1. The van der Waals surface area contributed by atoms with E-state index in [-0.39, 0.29) is 11.6 Å². The van der Waals surface area contributed by atoms with E-state index in [9.17, 15) is 4.79 Å². The number of carbonyl (C=O) groups is 1. The summed E-state index contributed by atoms with van der Waals surface area (Å²) in [4.78, 5) is 16.7. The van der Waals surface area contributed by atoms with E-state index < -0.39 is 5.97 Å². The highest BCUT2D eigenvalue weighted by Gasteiger charge is 2.25. The number of rotatable bonds is 5. The van der Waals surface area contributed by atoms with E-state index >= 15 is 0 Å². The number of para-hydroxylation sites is 1. The van der Waals surface area contributed by atoms with Gasteiger partial charge in [-0.2, -0.15) is 0 Å². The highest BCUT2D eigenvalue weighted by molar-refractivity contribution is 14.1. The molecule has 29 heavy (non-hydrogen) atoms. The van der Waals surface area contributed by atoms with Gasteiger partial charge in [0.15, 0.2) is 5.70 Å². The van der Waals surface area contributed by atoms with Gasteiger partial charge in [-0.05, 0) is 80.5 Å². The first-order valence-electron chi connectivity index (χ1n) is 8.84. The zero-order chi connectivity index (χ0) is 20.2. The molecular formula is C23H15BrINO3. The molecule has 0 bridgehead atoms. The molecule has 0 saturated heterocycles. The maximum absolute atomic E-state index is 12.3. The summed E-state index contributed by atoms with van der Waals surface area (Å²) in [5, 5.41) is 0. The second kappa shape index (κ2) is 8.92. The van der Waals surface area contributed by atoms with Gasteiger partial charge >= 0.3 is 5.97 Å².